The molecule has 1 unspecified atom stereocenters. The summed E-state index contributed by atoms with van der Waals surface area (Å²) in [4.78, 5) is 16.0. The van der Waals surface area contributed by atoms with Gasteiger partial charge in [0, 0.05) is 38.1 Å². The molecule has 1 saturated heterocycles. The molecule has 2 aromatic rings. The molecular formula is C19H27N3O2S. The van der Waals surface area contributed by atoms with Crippen LogP contribution in [-0.2, 0) is 4.74 Å². The molecule has 1 aliphatic rings. The van der Waals surface area contributed by atoms with Crippen LogP contribution in [0.15, 0.2) is 36.0 Å². The van der Waals surface area contributed by atoms with Crippen molar-refractivity contribution in [2.45, 2.75) is 26.3 Å². The number of nitrogens with zero attached hydrogens (tertiary/aromatic N) is 2. The first-order valence-corrected chi connectivity index (χ1v) is 9.84. The Morgan fingerprint density at radius 3 is 2.68 bits per heavy atom. The van der Waals surface area contributed by atoms with Crippen molar-refractivity contribution in [1.29, 1.82) is 0 Å². The van der Waals surface area contributed by atoms with Gasteiger partial charge in [-0.3, -0.25) is 9.69 Å². The minimum Gasteiger partial charge on any atom is -0.379 e. The van der Waals surface area contributed by atoms with Crippen LogP contribution in [0.2, 0.25) is 0 Å². The number of aromatic nitrogens is 1. The third kappa shape index (κ3) is 4.71. The predicted molar refractivity (Wildman–Crippen MR) is 102 cm³/mol. The molecule has 0 aromatic carbocycles. The highest BCUT2D eigenvalue weighted by molar-refractivity contribution is 7.12. The van der Waals surface area contributed by atoms with E-state index in [-0.39, 0.29) is 5.91 Å². The number of ether oxygens (including phenoxy) is 1. The maximum absolute atomic E-state index is 12.7. The van der Waals surface area contributed by atoms with Crippen LogP contribution in [0.3, 0.4) is 0 Å². The first-order valence-electron chi connectivity index (χ1n) is 8.96. The SMILES string of the molecule is CC(C)CC(CNC(=O)c1sccc1-n1cccc1)N1CCOCC1. The van der Waals surface area contributed by atoms with Gasteiger partial charge in [0.2, 0.25) is 0 Å². The molecule has 5 nitrogen and oxygen atoms in total. The molecule has 6 heteroatoms. The van der Waals surface area contributed by atoms with Crippen molar-refractivity contribution in [2.24, 2.45) is 5.92 Å². The van der Waals surface area contributed by atoms with E-state index in [4.69, 9.17) is 4.74 Å². The van der Waals surface area contributed by atoms with E-state index in [2.05, 4.69) is 24.1 Å². The average molecular weight is 362 g/mol. The first-order chi connectivity index (χ1) is 12.1. The van der Waals surface area contributed by atoms with E-state index in [0.717, 1.165) is 43.3 Å². The molecule has 25 heavy (non-hydrogen) atoms. The van der Waals surface area contributed by atoms with Crippen LogP contribution in [0.1, 0.15) is 29.9 Å². The fourth-order valence-corrected chi connectivity index (χ4v) is 4.12. The fraction of sp³-hybridized carbons (Fsp3) is 0.526. The summed E-state index contributed by atoms with van der Waals surface area (Å²) in [5.74, 6) is 0.614. The van der Waals surface area contributed by atoms with Crippen LogP contribution in [0.25, 0.3) is 5.69 Å². The van der Waals surface area contributed by atoms with Crippen molar-refractivity contribution < 1.29 is 9.53 Å². The van der Waals surface area contributed by atoms with E-state index >= 15 is 0 Å². The van der Waals surface area contributed by atoms with Gasteiger partial charge in [-0.15, -0.1) is 11.3 Å². The van der Waals surface area contributed by atoms with Crippen LogP contribution in [-0.4, -0.2) is 54.3 Å². The van der Waals surface area contributed by atoms with Crippen LogP contribution in [0.5, 0.6) is 0 Å². The lowest BCUT2D eigenvalue weighted by atomic mass is 10.0. The molecule has 1 aliphatic heterocycles. The van der Waals surface area contributed by atoms with E-state index in [0.29, 0.717) is 18.5 Å². The molecule has 0 spiro atoms. The number of amides is 1. The van der Waals surface area contributed by atoms with E-state index in [1.54, 1.807) is 0 Å². The van der Waals surface area contributed by atoms with Crippen molar-refractivity contribution in [1.82, 2.24) is 14.8 Å². The molecule has 0 saturated carbocycles. The highest BCUT2D eigenvalue weighted by Crippen LogP contribution is 2.21. The van der Waals surface area contributed by atoms with E-state index in [1.165, 1.54) is 11.3 Å². The van der Waals surface area contributed by atoms with Crippen LogP contribution in [0, 0.1) is 5.92 Å². The van der Waals surface area contributed by atoms with E-state index < -0.39 is 0 Å². The van der Waals surface area contributed by atoms with Crippen LogP contribution < -0.4 is 5.32 Å². The summed E-state index contributed by atoms with van der Waals surface area (Å²) in [6, 6.07) is 6.29. The third-order valence-corrected chi connectivity index (χ3v) is 5.44. The molecular weight excluding hydrogens is 334 g/mol. The Hall–Kier alpha value is -1.63. The Bertz CT molecular complexity index is 660. The number of hydrogen-bond donors (Lipinski definition) is 1. The van der Waals surface area contributed by atoms with Gasteiger partial charge >= 0.3 is 0 Å². The van der Waals surface area contributed by atoms with Gasteiger partial charge in [0.15, 0.2) is 0 Å². The zero-order valence-electron chi connectivity index (χ0n) is 15.0. The molecule has 136 valence electrons. The second-order valence-electron chi connectivity index (χ2n) is 6.87. The summed E-state index contributed by atoms with van der Waals surface area (Å²) in [6.07, 6.45) is 5.01. The van der Waals surface area contributed by atoms with Crippen LogP contribution in [0.4, 0.5) is 0 Å². The van der Waals surface area contributed by atoms with E-state index in [1.807, 2.05) is 40.5 Å². The zero-order valence-corrected chi connectivity index (χ0v) is 15.8. The summed E-state index contributed by atoms with van der Waals surface area (Å²) < 4.78 is 7.45. The monoisotopic (exact) mass is 361 g/mol. The number of carbonyl (C=O) groups is 1. The topological polar surface area (TPSA) is 46.5 Å². The Labute approximate surface area is 153 Å². The first kappa shape index (κ1) is 18.2. The molecule has 1 atom stereocenters. The van der Waals surface area contributed by atoms with Gasteiger partial charge in [-0.05, 0) is 35.9 Å². The molecule has 1 amide bonds. The van der Waals surface area contributed by atoms with Crippen molar-refractivity contribution in [3.63, 3.8) is 0 Å². The summed E-state index contributed by atoms with van der Waals surface area (Å²) >= 11 is 1.49. The number of morpholine rings is 1. The van der Waals surface area contributed by atoms with Gasteiger partial charge in [0.25, 0.3) is 5.91 Å². The molecule has 0 aliphatic carbocycles. The maximum Gasteiger partial charge on any atom is 0.263 e. The normalized spacial score (nSPS) is 16.9. The summed E-state index contributed by atoms with van der Waals surface area (Å²) in [5, 5.41) is 5.14. The largest absolute Gasteiger partial charge is 0.379 e. The second-order valence-corrected chi connectivity index (χ2v) is 7.78. The Balaban J connectivity index is 1.64. The predicted octanol–water partition coefficient (Wildman–Crippen LogP) is 3.02. The van der Waals surface area contributed by atoms with Crippen molar-refractivity contribution in [3.05, 3.63) is 40.8 Å². The lowest BCUT2D eigenvalue weighted by Crippen LogP contribution is -2.49. The van der Waals surface area contributed by atoms with Gasteiger partial charge in [-0.2, -0.15) is 0 Å². The highest BCUT2D eigenvalue weighted by Gasteiger charge is 2.23. The van der Waals surface area contributed by atoms with Gasteiger partial charge < -0.3 is 14.6 Å². The smallest absolute Gasteiger partial charge is 0.263 e. The van der Waals surface area contributed by atoms with Crippen molar-refractivity contribution in [2.75, 3.05) is 32.8 Å². The second kappa shape index (κ2) is 8.65. The standard InChI is InChI=1S/C19H27N3O2S/c1-15(2)13-16(21-8-10-24-11-9-21)14-20-19(23)18-17(5-12-25-18)22-6-3-4-7-22/h3-7,12,15-16H,8-11,13-14H2,1-2H3,(H,20,23). The van der Waals surface area contributed by atoms with Crippen molar-refractivity contribution in [3.8, 4) is 5.69 Å². The molecule has 0 bridgehead atoms. The van der Waals surface area contributed by atoms with Gasteiger partial charge in [-0.1, -0.05) is 13.8 Å². The minimum absolute atomic E-state index is 0.0146. The molecule has 3 heterocycles. The fourth-order valence-electron chi connectivity index (χ4n) is 3.31. The Morgan fingerprint density at radius 2 is 2.00 bits per heavy atom. The average Bonchev–Trinajstić information content (AvgIpc) is 3.29. The molecule has 0 radical (unpaired) electrons. The number of rotatable bonds is 7. The van der Waals surface area contributed by atoms with Crippen molar-refractivity contribution >= 4 is 17.2 Å². The van der Waals surface area contributed by atoms with E-state index in [9.17, 15) is 4.79 Å². The van der Waals surface area contributed by atoms with Gasteiger partial charge in [0.05, 0.1) is 18.9 Å². The number of carbonyl (C=O) groups excluding carboxylic acids is 1. The minimum atomic E-state index is 0.0146. The molecule has 1 fully saturated rings. The maximum atomic E-state index is 12.7. The summed E-state index contributed by atoms with van der Waals surface area (Å²) in [6.45, 7) is 8.61. The quantitative estimate of drug-likeness (QED) is 0.825. The number of hydrogen-bond acceptors (Lipinski definition) is 4. The number of nitrogens with one attached hydrogen (secondary N) is 1. The Kier molecular flexibility index (Phi) is 6.29. The molecule has 1 N–H and O–H groups in total. The lowest BCUT2D eigenvalue weighted by Gasteiger charge is -2.35. The Morgan fingerprint density at radius 1 is 1.28 bits per heavy atom. The molecule has 3 rings (SSSR count). The van der Waals surface area contributed by atoms with Gasteiger partial charge in [-0.25, -0.2) is 0 Å². The van der Waals surface area contributed by atoms with Gasteiger partial charge in [0.1, 0.15) is 4.88 Å². The number of thiophene rings is 1. The third-order valence-electron chi connectivity index (χ3n) is 4.54. The zero-order chi connectivity index (χ0) is 17.6. The lowest BCUT2D eigenvalue weighted by molar-refractivity contribution is 0.0125. The highest BCUT2D eigenvalue weighted by atomic mass is 32.1. The molecule has 2 aromatic heterocycles. The summed E-state index contributed by atoms with van der Waals surface area (Å²) in [7, 11) is 0. The summed E-state index contributed by atoms with van der Waals surface area (Å²) in [5.41, 5.74) is 0.944. The van der Waals surface area contributed by atoms with Crippen LogP contribution >= 0.6 is 11.3 Å².